The minimum atomic E-state index is -1.17. The highest BCUT2D eigenvalue weighted by Gasteiger charge is 2.50. The van der Waals surface area contributed by atoms with Crippen LogP contribution in [0.1, 0.15) is 33.9 Å². The second-order valence-electron chi connectivity index (χ2n) is 8.33. The standard InChI is InChI=1S/C28H19NO5/c1-31-21-10-8-20(9-11-21)28-15-19-13-17(16-29)7-12-22(19)26(34-28)25-24(33-28)14-23(32-27(25)30)18-5-3-2-4-6-18/h2-14,26H,15H2,1H3. The van der Waals surface area contributed by atoms with E-state index < -0.39 is 17.5 Å². The van der Waals surface area contributed by atoms with Crippen molar-refractivity contribution in [1.82, 2.24) is 0 Å². The van der Waals surface area contributed by atoms with Crippen molar-refractivity contribution in [1.29, 1.82) is 5.26 Å². The Morgan fingerprint density at radius 3 is 2.56 bits per heavy atom. The van der Waals surface area contributed by atoms with Gasteiger partial charge in [-0.1, -0.05) is 36.4 Å². The van der Waals surface area contributed by atoms with Crippen molar-refractivity contribution >= 4 is 0 Å². The number of rotatable bonds is 3. The molecule has 0 amide bonds. The molecule has 2 aliphatic heterocycles. The average Bonchev–Trinajstić information content (AvgIpc) is 2.88. The van der Waals surface area contributed by atoms with Crippen LogP contribution >= 0.6 is 0 Å². The first-order valence-electron chi connectivity index (χ1n) is 10.9. The lowest BCUT2D eigenvalue weighted by Crippen LogP contribution is -2.47. The molecule has 0 radical (unpaired) electrons. The lowest BCUT2D eigenvalue weighted by atomic mass is 9.84. The molecule has 0 fully saturated rings. The van der Waals surface area contributed by atoms with Crippen molar-refractivity contribution in [3.63, 3.8) is 0 Å². The summed E-state index contributed by atoms with van der Waals surface area (Å²) < 4.78 is 24.0. The molecule has 6 nitrogen and oxygen atoms in total. The van der Waals surface area contributed by atoms with Crippen molar-refractivity contribution in [3.8, 4) is 28.9 Å². The molecule has 3 aromatic carbocycles. The van der Waals surface area contributed by atoms with Gasteiger partial charge in [0, 0.05) is 23.6 Å². The van der Waals surface area contributed by atoms with E-state index in [0.717, 1.165) is 22.3 Å². The summed E-state index contributed by atoms with van der Waals surface area (Å²) in [5.41, 5.74) is 3.62. The van der Waals surface area contributed by atoms with Crippen molar-refractivity contribution in [3.05, 3.63) is 117 Å². The summed E-state index contributed by atoms with van der Waals surface area (Å²) in [6, 6.07) is 26.3. The molecule has 4 aromatic rings. The predicted octanol–water partition coefficient (Wildman–Crippen LogP) is 5.09. The molecule has 34 heavy (non-hydrogen) atoms. The van der Waals surface area contributed by atoms with Crippen molar-refractivity contribution < 1.29 is 18.6 Å². The number of hydrogen-bond acceptors (Lipinski definition) is 6. The molecule has 0 N–H and O–H groups in total. The fraction of sp³-hybridized carbons (Fsp3) is 0.143. The number of nitrogens with zero attached hydrogens (tertiary/aromatic N) is 1. The molecule has 6 rings (SSSR count). The van der Waals surface area contributed by atoms with Crippen LogP contribution in [0, 0.1) is 11.3 Å². The summed E-state index contributed by atoms with van der Waals surface area (Å²) in [6.45, 7) is 0. The minimum Gasteiger partial charge on any atom is -0.497 e. The molecular weight excluding hydrogens is 430 g/mol. The molecule has 0 aliphatic carbocycles. The van der Waals surface area contributed by atoms with Crippen molar-refractivity contribution in [2.24, 2.45) is 0 Å². The smallest absolute Gasteiger partial charge is 0.346 e. The highest BCUT2D eigenvalue weighted by Crippen LogP contribution is 2.51. The van der Waals surface area contributed by atoms with Crippen LogP contribution in [0.3, 0.4) is 0 Å². The molecule has 3 heterocycles. The molecule has 2 bridgehead atoms. The Balaban J connectivity index is 1.57. The van der Waals surface area contributed by atoms with Gasteiger partial charge in [0.05, 0.1) is 18.7 Å². The van der Waals surface area contributed by atoms with Crippen molar-refractivity contribution in [2.75, 3.05) is 7.11 Å². The molecule has 2 atom stereocenters. The summed E-state index contributed by atoms with van der Waals surface area (Å²) in [4.78, 5) is 13.2. The Morgan fingerprint density at radius 2 is 1.82 bits per heavy atom. The summed E-state index contributed by atoms with van der Waals surface area (Å²) in [7, 11) is 1.61. The third-order valence-corrected chi connectivity index (χ3v) is 6.36. The maximum absolute atomic E-state index is 13.2. The molecule has 0 saturated heterocycles. The lowest BCUT2D eigenvalue weighted by Gasteiger charge is -2.46. The Morgan fingerprint density at radius 1 is 1.03 bits per heavy atom. The zero-order valence-corrected chi connectivity index (χ0v) is 18.3. The van der Waals surface area contributed by atoms with E-state index in [-0.39, 0.29) is 0 Å². The van der Waals surface area contributed by atoms with Crippen LogP contribution < -0.4 is 15.1 Å². The first-order chi connectivity index (χ1) is 16.6. The van der Waals surface area contributed by atoms with Gasteiger partial charge in [0.15, 0.2) is 0 Å². The highest BCUT2D eigenvalue weighted by molar-refractivity contribution is 5.61. The van der Waals surface area contributed by atoms with Gasteiger partial charge in [0.25, 0.3) is 0 Å². The third kappa shape index (κ3) is 3.10. The van der Waals surface area contributed by atoms with E-state index in [0.29, 0.717) is 34.8 Å². The van der Waals surface area contributed by atoms with Crippen molar-refractivity contribution in [2.45, 2.75) is 18.3 Å². The monoisotopic (exact) mass is 449 g/mol. The average molecular weight is 449 g/mol. The van der Waals surface area contributed by atoms with E-state index in [1.165, 1.54) is 0 Å². The topological polar surface area (TPSA) is 81.7 Å². The van der Waals surface area contributed by atoms with Gasteiger partial charge in [0.1, 0.15) is 28.9 Å². The molecule has 6 heteroatoms. The van der Waals surface area contributed by atoms with E-state index in [1.807, 2.05) is 66.7 Å². The van der Waals surface area contributed by atoms with Crippen LogP contribution in [0.5, 0.6) is 11.5 Å². The maximum atomic E-state index is 13.2. The summed E-state index contributed by atoms with van der Waals surface area (Å²) in [5, 5.41) is 9.43. The molecule has 0 spiro atoms. The SMILES string of the molecule is COc1ccc(C23Cc4cc(C#N)ccc4C(O2)c2c(cc(-c4ccccc4)oc2=O)O3)cc1. The summed E-state index contributed by atoms with van der Waals surface area (Å²) in [5.74, 6) is 0.390. The fourth-order valence-electron chi connectivity index (χ4n) is 4.70. The van der Waals surface area contributed by atoms with Gasteiger partial charge in [-0.15, -0.1) is 0 Å². The van der Waals surface area contributed by atoms with Crippen LogP contribution in [0.25, 0.3) is 11.3 Å². The van der Waals surface area contributed by atoms with Crippen LogP contribution in [0.4, 0.5) is 0 Å². The summed E-state index contributed by atoms with van der Waals surface area (Å²) >= 11 is 0. The summed E-state index contributed by atoms with van der Waals surface area (Å²) in [6.07, 6.45) is -0.315. The van der Waals surface area contributed by atoms with Gasteiger partial charge in [-0.3, -0.25) is 0 Å². The lowest BCUT2D eigenvalue weighted by molar-refractivity contribution is -0.238. The molecule has 166 valence electrons. The number of nitriles is 1. The van der Waals surface area contributed by atoms with Crippen LogP contribution in [0.15, 0.2) is 88.1 Å². The van der Waals surface area contributed by atoms with Gasteiger partial charge in [-0.2, -0.15) is 5.26 Å². The Hall–Kier alpha value is -4.34. The Kier molecular flexibility index (Phi) is 4.54. The molecule has 2 aliphatic rings. The van der Waals surface area contributed by atoms with E-state index in [1.54, 1.807) is 19.2 Å². The van der Waals surface area contributed by atoms with Gasteiger partial charge in [-0.05, 0) is 47.5 Å². The van der Waals surface area contributed by atoms with Crippen LogP contribution in [-0.4, -0.2) is 7.11 Å². The van der Waals surface area contributed by atoms with Crippen LogP contribution in [0.2, 0.25) is 0 Å². The van der Waals surface area contributed by atoms with E-state index >= 15 is 0 Å². The minimum absolute atomic E-state index is 0.314. The second kappa shape index (κ2) is 7.62. The van der Waals surface area contributed by atoms with E-state index in [2.05, 4.69) is 6.07 Å². The van der Waals surface area contributed by atoms with E-state index in [4.69, 9.17) is 18.6 Å². The number of methoxy groups -OCH3 is 1. The maximum Gasteiger partial charge on any atom is 0.346 e. The van der Waals surface area contributed by atoms with Gasteiger partial charge in [-0.25, -0.2) is 4.79 Å². The first kappa shape index (κ1) is 20.3. The predicted molar refractivity (Wildman–Crippen MR) is 124 cm³/mol. The van der Waals surface area contributed by atoms with Gasteiger partial charge >= 0.3 is 5.63 Å². The number of fused-ring (bicyclic) bond motifs is 6. The van der Waals surface area contributed by atoms with E-state index in [9.17, 15) is 10.1 Å². The molecular formula is C28H19NO5. The largest absolute Gasteiger partial charge is 0.497 e. The Bertz CT molecular complexity index is 1500. The zero-order valence-electron chi connectivity index (χ0n) is 18.3. The molecule has 0 saturated carbocycles. The number of hydrogen-bond donors (Lipinski definition) is 0. The molecule has 2 unspecified atom stereocenters. The van der Waals surface area contributed by atoms with Gasteiger partial charge < -0.3 is 18.6 Å². The third-order valence-electron chi connectivity index (χ3n) is 6.36. The van der Waals surface area contributed by atoms with Gasteiger partial charge in [0.2, 0.25) is 5.79 Å². The molecule has 1 aromatic heterocycles. The van der Waals surface area contributed by atoms with Crippen LogP contribution in [-0.2, 0) is 16.9 Å². The number of ether oxygens (including phenoxy) is 3. The quantitative estimate of drug-likeness (QED) is 0.433. The zero-order chi connectivity index (χ0) is 23.3. The fourth-order valence-corrected chi connectivity index (χ4v) is 4.70. The Labute approximate surface area is 195 Å². The number of benzene rings is 3. The first-order valence-corrected chi connectivity index (χ1v) is 10.9. The second-order valence-corrected chi connectivity index (χ2v) is 8.33. The highest BCUT2D eigenvalue weighted by atomic mass is 16.7. The normalized spacial score (nSPS) is 19.8.